The van der Waals surface area contributed by atoms with Crippen molar-refractivity contribution in [3.8, 4) is 0 Å². The van der Waals surface area contributed by atoms with Crippen molar-refractivity contribution >= 4 is 33.1 Å². The van der Waals surface area contributed by atoms with Crippen LogP contribution < -0.4 is 0 Å². The van der Waals surface area contributed by atoms with Crippen molar-refractivity contribution in [1.29, 1.82) is 0 Å². The highest BCUT2D eigenvalue weighted by Crippen LogP contribution is 2.29. The molecule has 0 spiro atoms. The van der Waals surface area contributed by atoms with Crippen LogP contribution in [0.5, 0.6) is 0 Å². The standard InChI is InChI=1S/C14H14BrNO/c1-14(2,3)12-7-9(8-17)10-5-4-6-11(15)13(10)16-12/h4-8H,1-3H3. The monoisotopic (exact) mass is 291 g/mol. The van der Waals surface area contributed by atoms with Gasteiger partial charge in [-0.1, -0.05) is 32.9 Å². The zero-order valence-electron chi connectivity index (χ0n) is 10.1. The Morgan fingerprint density at radius 1 is 1.29 bits per heavy atom. The summed E-state index contributed by atoms with van der Waals surface area (Å²) in [7, 11) is 0. The number of para-hydroxylation sites is 1. The van der Waals surface area contributed by atoms with Gasteiger partial charge in [0.15, 0.2) is 6.29 Å². The molecule has 2 aromatic rings. The fraction of sp³-hybridized carbons (Fsp3) is 0.286. The van der Waals surface area contributed by atoms with Crippen molar-refractivity contribution in [1.82, 2.24) is 4.98 Å². The van der Waals surface area contributed by atoms with Crippen molar-refractivity contribution in [2.45, 2.75) is 26.2 Å². The Hall–Kier alpha value is -1.22. The zero-order valence-corrected chi connectivity index (χ0v) is 11.7. The lowest BCUT2D eigenvalue weighted by molar-refractivity contribution is 0.112. The average molecular weight is 292 g/mol. The molecule has 0 bridgehead atoms. The molecule has 3 heteroatoms. The average Bonchev–Trinajstić information content (AvgIpc) is 2.27. The molecule has 0 fully saturated rings. The van der Waals surface area contributed by atoms with Gasteiger partial charge in [0.05, 0.1) is 5.52 Å². The molecule has 1 heterocycles. The molecule has 0 aliphatic heterocycles. The van der Waals surface area contributed by atoms with E-state index in [0.29, 0.717) is 5.56 Å². The van der Waals surface area contributed by atoms with Crippen LogP contribution >= 0.6 is 15.9 Å². The molecule has 88 valence electrons. The molecule has 0 atom stereocenters. The van der Waals surface area contributed by atoms with Gasteiger partial charge in [-0.2, -0.15) is 0 Å². The minimum Gasteiger partial charge on any atom is -0.298 e. The van der Waals surface area contributed by atoms with Crippen LogP contribution in [0.2, 0.25) is 0 Å². The first-order valence-corrected chi connectivity index (χ1v) is 6.27. The molecule has 0 saturated heterocycles. The SMILES string of the molecule is CC(C)(C)c1cc(C=O)c2cccc(Br)c2n1. The summed E-state index contributed by atoms with van der Waals surface area (Å²) in [6.45, 7) is 6.27. The fourth-order valence-corrected chi connectivity index (χ4v) is 2.18. The highest BCUT2D eigenvalue weighted by Gasteiger charge is 2.18. The molecule has 0 amide bonds. The van der Waals surface area contributed by atoms with Crippen molar-refractivity contribution in [2.75, 3.05) is 0 Å². The van der Waals surface area contributed by atoms with Gasteiger partial charge in [-0.25, -0.2) is 0 Å². The molecule has 2 rings (SSSR count). The van der Waals surface area contributed by atoms with Crippen LogP contribution in [0.4, 0.5) is 0 Å². The third-order valence-corrected chi connectivity index (χ3v) is 3.36. The molecule has 0 N–H and O–H groups in total. The van der Waals surface area contributed by atoms with Crippen LogP contribution in [0, 0.1) is 0 Å². The fourth-order valence-electron chi connectivity index (χ4n) is 1.72. The maximum absolute atomic E-state index is 11.2. The smallest absolute Gasteiger partial charge is 0.150 e. The van der Waals surface area contributed by atoms with Gasteiger partial charge in [0.25, 0.3) is 0 Å². The van der Waals surface area contributed by atoms with Crippen molar-refractivity contribution in [3.05, 3.63) is 40.0 Å². The Labute approximate surface area is 109 Å². The predicted octanol–water partition coefficient (Wildman–Crippen LogP) is 4.11. The number of hydrogen-bond donors (Lipinski definition) is 0. The number of halogens is 1. The second-order valence-corrected chi connectivity index (χ2v) is 5.95. The first kappa shape index (κ1) is 12.2. The van der Waals surface area contributed by atoms with Crippen molar-refractivity contribution in [3.63, 3.8) is 0 Å². The normalized spacial score (nSPS) is 11.8. The van der Waals surface area contributed by atoms with Crippen LogP contribution in [0.25, 0.3) is 10.9 Å². The molecule has 1 aromatic carbocycles. The van der Waals surface area contributed by atoms with E-state index in [2.05, 4.69) is 41.7 Å². The summed E-state index contributed by atoms with van der Waals surface area (Å²) in [6.07, 6.45) is 0.895. The number of aldehydes is 1. The maximum atomic E-state index is 11.2. The maximum Gasteiger partial charge on any atom is 0.150 e. The van der Waals surface area contributed by atoms with E-state index in [4.69, 9.17) is 0 Å². The third-order valence-electron chi connectivity index (χ3n) is 2.72. The minimum atomic E-state index is -0.0682. The first-order valence-electron chi connectivity index (χ1n) is 5.48. The van der Waals surface area contributed by atoms with E-state index in [-0.39, 0.29) is 5.41 Å². The van der Waals surface area contributed by atoms with Gasteiger partial charge in [-0.05, 0) is 28.1 Å². The van der Waals surface area contributed by atoms with Gasteiger partial charge in [0.1, 0.15) is 0 Å². The van der Waals surface area contributed by atoms with E-state index < -0.39 is 0 Å². The van der Waals surface area contributed by atoms with Crippen LogP contribution in [0.1, 0.15) is 36.8 Å². The van der Waals surface area contributed by atoms with Gasteiger partial charge in [0.2, 0.25) is 0 Å². The number of aromatic nitrogens is 1. The predicted molar refractivity (Wildman–Crippen MR) is 73.5 cm³/mol. The van der Waals surface area contributed by atoms with Crippen molar-refractivity contribution in [2.24, 2.45) is 0 Å². The topological polar surface area (TPSA) is 30.0 Å². The molecule has 1 aromatic heterocycles. The minimum absolute atomic E-state index is 0.0682. The Kier molecular flexibility index (Phi) is 3.04. The molecule has 0 aliphatic carbocycles. The number of rotatable bonds is 1. The van der Waals surface area contributed by atoms with Gasteiger partial charge in [0, 0.05) is 26.5 Å². The molecule has 17 heavy (non-hydrogen) atoms. The highest BCUT2D eigenvalue weighted by molar-refractivity contribution is 9.10. The number of benzene rings is 1. The number of carbonyl (C=O) groups excluding carboxylic acids is 1. The Morgan fingerprint density at radius 3 is 2.59 bits per heavy atom. The second kappa shape index (κ2) is 4.22. The summed E-state index contributed by atoms with van der Waals surface area (Å²) in [6, 6.07) is 7.65. The van der Waals surface area contributed by atoms with Gasteiger partial charge < -0.3 is 0 Å². The Morgan fingerprint density at radius 2 is 2.00 bits per heavy atom. The largest absolute Gasteiger partial charge is 0.298 e. The van der Waals surface area contributed by atoms with Gasteiger partial charge in [-0.15, -0.1) is 0 Å². The quantitative estimate of drug-likeness (QED) is 0.740. The summed E-state index contributed by atoms with van der Waals surface area (Å²) >= 11 is 3.48. The van der Waals surface area contributed by atoms with Crippen molar-refractivity contribution < 1.29 is 4.79 Å². The highest BCUT2D eigenvalue weighted by atomic mass is 79.9. The number of nitrogens with zero attached hydrogens (tertiary/aromatic N) is 1. The summed E-state index contributed by atoms with van der Waals surface area (Å²) in [5.74, 6) is 0. The zero-order chi connectivity index (χ0) is 12.6. The number of hydrogen-bond acceptors (Lipinski definition) is 2. The third kappa shape index (κ3) is 2.25. The van der Waals surface area contributed by atoms with E-state index in [0.717, 1.165) is 27.4 Å². The molecule has 0 saturated carbocycles. The van der Waals surface area contributed by atoms with E-state index >= 15 is 0 Å². The Balaban J connectivity index is 2.86. The van der Waals surface area contributed by atoms with E-state index in [9.17, 15) is 4.79 Å². The molecule has 0 unspecified atom stereocenters. The van der Waals surface area contributed by atoms with E-state index in [1.54, 1.807) is 0 Å². The second-order valence-electron chi connectivity index (χ2n) is 5.10. The molecule has 2 nitrogen and oxygen atoms in total. The summed E-state index contributed by atoms with van der Waals surface area (Å²) in [5.41, 5.74) is 2.41. The molecular formula is C14H14BrNO. The summed E-state index contributed by atoms with van der Waals surface area (Å²) < 4.78 is 0.921. The Bertz CT molecular complexity index is 585. The lowest BCUT2D eigenvalue weighted by Gasteiger charge is -2.19. The van der Waals surface area contributed by atoms with Gasteiger partial charge >= 0.3 is 0 Å². The van der Waals surface area contributed by atoms with E-state index in [1.807, 2.05) is 24.3 Å². The van der Waals surface area contributed by atoms with Crippen LogP contribution in [-0.2, 0) is 5.41 Å². The molecular weight excluding hydrogens is 278 g/mol. The lowest BCUT2D eigenvalue weighted by Crippen LogP contribution is -2.14. The number of fused-ring (bicyclic) bond motifs is 1. The van der Waals surface area contributed by atoms with Crippen LogP contribution in [0.15, 0.2) is 28.7 Å². The number of carbonyl (C=O) groups is 1. The van der Waals surface area contributed by atoms with Gasteiger partial charge in [-0.3, -0.25) is 9.78 Å². The molecule has 0 aliphatic rings. The van der Waals surface area contributed by atoms with Crippen LogP contribution in [-0.4, -0.2) is 11.3 Å². The van der Waals surface area contributed by atoms with E-state index in [1.165, 1.54) is 0 Å². The molecule has 0 radical (unpaired) electrons. The summed E-state index contributed by atoms with van der Waals surface area (Å²) in [4.78, 5) is 15.8. The van der Waals surface area contributed by atoms with Crippen LogP contribution in [0.3, 0.4) is 0 Å². The summed E-state index contributed by atoms with van der Waals surface area (Å²) in [5, 5.41) is 0.891. The first-order chi connectivity index (χ1) is 7.93. The number of pyridine rings is 1. The lowest BCUT2D eigenvalue weighted by atomic mass is 9.90.